The summed E-state index contributed by atoms with van der Waals surface area (Å²) in [6.45, 7) is 4.05. The van der Waals surface area contributed by atoms with E-state index in [-0.39, 0.29) is 6.61 Å². The van der Waals surface area contributed by atoms with Gasteiger partial charge in [-0.1, -0.05) is 35.9 Å². The van der Waals surface area contributed by atoms with Crippen LogP contribution in [0.2, 0.25) is 5.02 Å². The van der Waals surface area contributed by atoms with Crippen LogP contribution in [-0.4, -0.2) is 11.7 Å². The van der Waals surface area contributed by atoms with Crippen molar-refractivity contribution in [1.82, 2.24) is 0 Å². The van der Waals surface area contributed by atoms with Gasteiger partial charge in [0.15, 0.2) is 0 Å². The maximum atomic E-state index is 9.79. The Kier molecular flexibility index (Phi) is 4.13. The van der Waals surface area contributed by atoms with Gasteiger partial charge in [-0.3, -0.25) is 0 Å². The Morgan fingerprint density at radius 1 is 1.11 bits per heavy atom. The van der Waals surface area contributed by atoms with Gasteiger partial charge < -0.3 is 10.4 Å². The number of hydrogen-bond donors (Lipinski definition) is 2. The highest BCUT2D eigenvalue weighted by molar-refractivity contribution is 6.30. The third kappa shape index (κ3) is 3.09. The zero-order valence-corrected chi connectivity index (χ0v) is 11.9. The summed E-state index contributed by atoms with van der Waals surface area (Å²) in [5.74, 6) is 0. The van der Waals surface area contributed by atoms with Crippen LogP contribution in [0, 0.1) is 6.92 Å². The first kappa shape index (κ1) is 13.9. The lowest BCUT2D eigenvalue weighted by atomic mass is 9.89. The zero-order valence-electron chi connectivity index (χ0n) is 11.2. The summed E-state index contributed by atoms with van der Waals surface area (Å²) >= 11 is 5.88. The number of rotatable bonds is 4. The Hall–Kier alpha value is -1.51. The predicted octanol–water partition coefficient (Wildman–Crippen LogP) is 3.97. The summed E-state index contributed by atoms with van der Waals surface area (Å²) in [6, 6.07) is 15.6. The minimum atomic E-state index is -0.515. The first-order valence-corrected chi connectivity index (χ1v) is 6.64. The maximum absolute atomic E-state index is 9.79. The molecule has 19 heavy (non-hydrogen) atoms. The zero-order chi connectivity index (χ0) is 13.9. The van der Waals surface area contributed by atoms with Crippen molar-refractivity contribution in [3.8, 4) is 0 Å². The van der Waals surface area contributed by atoms with E-state index in [4.69, 9.17) is 11.6 Å². The Bertz CT molecular complexity index is 553. The van der Waals surface area contributed by atoms with Crippen molar-refractivity contribution in [3.05, 3.63) is 64.7 Å². The molecule has 0 amide bonds. The van der Waals surface area contributed by atoms with Crippen LogP contribution in [0.5, 0.6) is 0 Å². The number of aryl methyl sites for hydroxylation is 1. The minimum absolute atomic E-state index is 0.0144. The molecule has 2 nitrogen and oxygen atoms in total. The first-order chi connectivity index (χ1) is 9.05. The second-order valence-corrected chi connectivity index (χ2v) is 5.37. The van der Waals surface area contributed by atoms with E-state index < -0.39 is 5.54 Å². The standard InChI is InChI=1S/C16H18ClNO/c1-12-5-3-4-6-15(12)16(2,11-19)18-14-9-7-13(17)8-10-14/h3-10,18-19H,11H2,1-2H3. The van der Waals surface area contributed by atoms with Crippen LogP contribution >= 0.6 is 11.6 Å². The molecule has 0 radical (unpaired) electrons. The molecule has 0 fully saturated rings. The van der Waals surface area contributed by atoms with Crippen LogP contribution in [0.4, 0.5) is 5.69 Å². The van der Waals surface area contributed by atoms with Gasteiger partial charge >= 0.3 is 0 Å². The smallest absolute Gasteiger partial charge is 0.0830 e. The van der Waals surface area contributed by atoms with Gasteiger partial charge in [-0.05, 0) is 49.2 Å². The van der Waals surface area contributed by atoms with E-state index in [2.05, 4.69) is 5.32 Å². The topological polar surface area (TPSA) is 32.3 Å². The highest BCUT2D eigenvalue weighted by atomic mass is 35.5. The molecule has 0 saturated carbocycles. The molecule has 0 spiro atoms. The van der Waals surface area contributed by atoms with E-state index in [9.17, 15) is 5.11 Å². The summed E-state index contributed by atoms with van der Waals surface area (Å²) in [7, 11) is 0. The Balaban J connectivity index is 2.33. The van der Waals surface area contributed by atoms with E-state index in [1.54, 1.807) is 0 Å². The quantitative estimate of drug-likeness (QED) is 0.885. The van der Waals surface area contributed by atoms with Crippen LogP contribution < -0.4 is 5.32 Å². The molecule has 0 saturated heterocycles. The second-order valence-electron chi connectivity index (χ2n) is 4.94. The van der Waals surface area contributed by atoms with Crippen LogP contribution in [0.25, 0.3) is 0 Å². The molecule has 0 aliphatic heterocycles. The molecule has 0 aromatic heterocycles. The van der Waals surface area contributed by atoms with E-state index in [0.717, 1.165) is 16.8 Å². The minimum Gasteiger partial charge on any atom is -0.394 e. The fourth-order valence-corrected chi connectivity index (χ4v) is 2.36. The molecule has 0 heterocycles. The average molecular weight is 276 g/mol. The molecule has 100 valence electrons. The third-order valence-corrected chi connectivity index (χ3v) is 3.57. The van der Waals surface area contributed by atoms with E-state index >= 15 is 0 Å². The monoisotopic (exact) mass is 275 g/mol. The molecule has 1 atom stereocenters. The predicted molar refractivity (Wildman–Crippen MR) is 80.7 cm³/mol. The number of halogens is 1. The van der Waals surface area contributed by atoms with Crippen molar-refractivity contribution in [2.45, 2.75) is 19.4 Å². The second kappa shape index (κ2) is 5.64. The number of anilines is 1. The molecule has 0 bridgehead atoms. The molecule has 2 rings (SSSR count). The van der Waals surface area contributed by atoms with Gasteiger partial charge in [0.1, 0.15) is 0 Å². The molecule has 3 heteroatoms. The van der Waals surface area contributed by atoms with Crippen molar-refractivity contribution >= 4 is 17.3 Å². The van der Waals surface area contributed by atoms with Gasteiger partial charge in [0.25, 0.3) is 0 Å². The molecule has 2 N–H and O–H groups in total. The van der Waals surface area contributed by atoms with Crippen LogP contribution in [0.15, 0.2) is 48.5 Å². The van der Waals surface area contributed by atoms with Crippen molar-refractivity contribution in [1.29, 1.82) is 0 Å². The van der Waals surface area contributed by atoms with Crippen molar-refractivity contribution < 1.29 is 5.11 Å². The number of benzene rings is 2. The largest absolute Gasteiger partial charge is 0.394 e. The lowest BCUT2D eigenvalue weighted by Crippen LogP contribution is -2.36. The Morgan fingerprint density at radius 3 is 2.32 bits per heavy atom. The van der Waals surface area contributed by atoms with Gasteiger partial charge in [-0.2, -0.15) is 0 Å². The summed E-state index contributed by atoms with van der Waals surface area (Å²) < 4.78 is 0. The lowest BCUT2D eigenvalue weighted by molar-refractivity contribution is 0.223. The number of aliphatic hydroxyl groups excluding tert-OH is 1. The van der Waals surface area contributed by atoms with E-state index in [1.165, 1.54) is 0 Å². The van der Waals surface area contributed by atoms with Gasteiger partial charge in [0.05, 0.1) is 12.1 Å². The summed E-state index contributed by atoms with van der Waals surface area (Å²) in [5.41, 5.74) is 2.66. The normalized spacial score (nSPS) is 13.9. The van der Waals surface area contributed by atoms with Crippen LogP contribution in [0.1, 0.15) is 18.1 Å². The fraction of sp³-hybridized carbons (Fsp3) is 0.250. The first-order valence-electron chi connectivity index (χ1n) is 6.26. The Labute approximate surface area is 119 Å². The van der Waals surface area contributed by atoms with Crippen LogP contribution in [0.3, 0.4) is 0 Å². The Morgan fingerprint density at radius 2 is 1.74 bits per heavy atom. The van der Waals surface area contributed by atoms with E-state index in [1.807, 2.05) is 62.4 Å². The van der Waals surface area contributed by atoms with Gasteiger partial charge in [0.2, 0.25) is 0 Å². The number of aliphatic hydroxyl groups is 1. The lowest BCUT2D eigenvalue weighted by Gasteiger charge is -2.32. The van der Waals surface area contributed by atoms with Gasteiger partial charge in [0, 0.05) is 10.7 Å². The molecule has 2 aromatic rings. The van der Waals surface area contributed by atoms with Crippen molar-refractivity contribution in [2.24, 2.45) is 0 Å². The number of nitrogens with one attached hydrogen (secondary N) is 1. The van der Waals surface area contributed by atoms with Crippen molar-refractivity contribution in [2.75, 3.05) is 11.9 Å². The summed E-state index contributed by atoms with van der Waals surface area (Å²) in [4.78, 5) is 0. The van der Waals surface area contributed by atoms with Gasteiger partial charge in [-0.15, -0.1) is 0 Å². The molecular formula is C16H18ClNO. The highest BCUT2D eigenvalue weighted by Crippen LogP contribution is 2.28. The molecule has 1 unspecified atom stereocenters. The third-order valence-electron chi connectivity index (χ3n) is 3.32. The number of hydrogen-bond acceptors (Lipinski definition) is 2. The SMILES string of the molecule is Cc1ccccc1C(C)(CO)Nc1ccc(Cl)cc1. The summed E-state index contributed by atoms with van der Waals surface area (Å²) in [5, 5.41) is 13.9. The van der Waals surface area contributed by atoms with Gasteiger partial charge in [-0.25, -0.2) is 0 Å². The molecule has 0 aliphatic rings. The molecule has 0 aliphatic carbocycles. The average Bonchev–Trinajstić information content (AvgIpc) is 2.42. The molecule has 2 aromatic carbocycles. The summed E-state index contributed by atoms with van der Waals surface area (Å²) in [6.07, 6.45) is 0. The molecular weight excluding hydrogens is 258 g/mol. The van der Waals surface area contributed by atoms with Crippen molar-refractivity contribution in [3.63, 3.8) is 0 Å². The maximum Gasteiger partial charge on any atom is 0.0830 e. The van der Waals surface area contributed by atoms with E-state index in [0.29, 0.717) is 5.02 Å². The van der Waals surface area contributed by atoms with Crippen LogP contribution in [-0.2, 0) is 5.54 Å². The fourth-order valence-electron chi connectivity index (χ4n) is 2.24. The highest BCUT2D eigenvalue weighted by Gasteiger charge is 2.26.